The van der Waals surface area contributed by atoms with Crippen LogP contribution < -0.4 is 5.32 Å². The Bertz CT molecular complexity index is 704. The van der Waals surface area contributed by atoms with Gasteiger partial charge in [0, 0.05) is 11.6 Å². The van der Waals surface area contributed by atoms with Gasteiger partial charge in [-0.1, -0.05) is 31.0 Å². The van der Waals surface area contributed by atoms with Gasteiger partial charge < -0.3 is 9.88 Å². The summed E-state index contributed by atoms with van der Waals surface area (Å²) in [6.07, 6.45) is 14.2. The Morgan fingerprint density at radius 3 is 2.29 bits per heavy atom. The summed E-state index contributed by atoms with van der Waals surface area (Å²) in [5.74, 6) is 3.75. The van der Waals surface area contributed by atoms with Gasteiger partial charge in [0.25, 0.3) is 0 Å². The lowest BCUT2D eigenvalue weighted by Crippen LogP contribution is -2.60. The van der Waals surface area contributed by atoms with E-state index in [1.54, 1.807) is 11.8 Å². The first kappa shape index (κ1) is 19.0. The molecule has 0 radical (unpaired) electrons. The number of hydrogen-bond acceptors (Lipinski definition) is 4. The van der Waals surface area contributed by atoms with E-state index >= 15 is 0 Å². The molecule has 5 fully saturated rings. The van der Waals surface area contributed by atoms with Crippen molar-refractivity contribution in [2.24, 2.45) is 17.8 Å². The van der Waals surface area contributed by atoms with Crippen LogP contribution in [0, 0.1) is 24.7 Å². The molecular formula is C22H34N4OS. The Morgan fingerprint density at radius 2 is 1.68 bits per heavy atom. The fraction of sp³-hybridized carbons (Fsp3) is 0.864. The van der Waals surface area contributed by atoms with Crippen molar-refractivity contribution in [1.82, 2.24) is 20.1 Å². The van der Waals surface area contributed by atoms with Gasteiger partial charge in [-0.3, -0.25) is 4.79 Å². The van der Waals surface area contributed by atoms with Gasteiger partial charge in [-0.2, -0.15) is 0 Å². The minimum Gasteiger partial charge on any atom is -0.350 e. The van der Waals surface area contributed by atoms with Crippen LogP contribution in [-0.2, 0) is 4.79 Å². The average Bonchev–Trinajstić information content (AvgIpc) is 3.01. The number of aryl methyl sites for hydroxylation is 1. The first-order chi connectivity index (χ1) is 13.5. The first-order valence-corrected chi connectivity index (χ1v) is 12.3. The van der Waals surface area contributed by atoms with Crippen LogP contribution in [0.25, 0.3) is 0 Å². The highest BCUT2D eigenvalue weighted by Crippen LogP contribution is 2.55. The van der Waals surface area contributed by atoms with E-state index in [0.717, 1.165) is 28.7 Å². The van der Waals surface area contributed by atoms with Crippen molar-refractivity contribution in [3.8, 4) is 0 Å². The molecule has 1 aromatic rings. The molecular weight excluding hydrogens is 368 g/mol. The summed E-state index contributed by atoms with van der Waals surface area (Å²) in [5, 5.41) is 13.1. The maximum atomic E-state index is 13.1. The molecule has 0 saturated heterocycles. The highest BCUT2D eigenvalue weighted by molar-refractivity contribution is 8.00. The minimum atomic E-state index is -0.126. The van der Waals surface area contributed by atoms with E-state index in [9.17, 15) is 4.79 Å². The van der Waals surface area contributed by atoms with E-state index in [0.29, 0.717) is 6.04 Å². The molecule has 4 bridgehead atoms. The van der Waals surface area contributed by atoms with Crippen molar-refractivity contribution in [2.75, 3.05) is 0 Å². The van der Waals surface area contributed by atoms with Crippen LogP contribution in [0.2, 0.25) is 0 Å². The van der Waals surface area contributed by atoms with Crippen LogP contribution in [0.5, 0.6) is 0 Å². The number of carbonyl (C=O) groups excluding carboxylic acids is 1. The van der Waals surface area contributed by atoms with Crippen LogP contribution in [0.15, 0.2) is 5.16 Å². The van der Waals surface area contributed by atoms with Gasteiger partial charge in [0.05, 0.1) is 5.25 Å². The summed E-state index contributed by atoms with van der Waals surface area (Å²) in [4.78, 5) is 13.1. The van der Waals surface area contributed by atoms with Gasteiger partial charge in [-0.15, -0.1) is 10.2 Å². The summed E-state index contributed by atoms with van der Waals surface area (Å²) in [7, 11) is 0. The van der Waals surface area contributed by atoms with Gasteiger partial charge in [0.1, 0.15) is 5.82 Å². The maximum absolute atomic E-state index is 13.1. The number of carbonyl (C=O) groups is 1. The largest absolute Gasteiger partial charge is 0.350 e. The number of nitrogens with zero attached hydrogens (tertiary/aromatic N) is 3. The quantitative estimate of drug-likeness (QED) is 0.728. The Balaban J connectivity index is 1.26. The number of aromatic nitrogens is 3. The van der Waals surface area contributed by atoms with Crippen LogP contribution in [0.4, 0.5) is 0 Å². The number of rotatable bonds is 5. The third kappa shape index (κ3) is 3.50. The van der Waals surface area contributed by atoms with Crippen molar-refractivity contribution in [1.29, 1.82) is 0 Å². The highest BCUT2D eigenvalue weighted by Gasteiger charge is 2.51. The predicted molar refractivity (Wildman–Crippen MR) is 111 cm³/mol. The van der Waals surface area contributed by atoms with Crippen LogP contribution in [-0.4, -0.2) is 31.5 Å². The zero-order chi connectivity index (χ0) is 19.3. The van der Waals surface area contributed by atoms with Gasteiger partial charge in [-0.05, 0) is 83.0 Å². The normalized spacial score (nSPS) is 35.9. The molecule has 1 aromatic heterocycles. The monoisotopic (exact) mass is 402 g/mol. The summed E-state index contributed by atoms with van der Waals surface area (Å²) < 4.78 is 2.30. The van der Waals surface area contributed by atoms with Gasteiger partial charge in [0.15, 0.2) is 5.16 Å². The zero-order valence-corrected chi connectivity index (χ0v) is 18.1. The second-order valence-electron chi connectivity index (χ2n) is 10.1. The fourth-order valence-corrected chi connectivity index (χ4v) is 7.99. The molecule has 5 nitrogen and oxygen atoms in total. The first-order valence-electron chi connectivity index (χ1n) is 11.4. The molecule has 5 aliphatic rings. The Morgan fingerprint density at radius 1 is 1.07 bits per heavy atom. The lowest BCUT2D eigenvalue weighted by atomic mass is 9.53. The summed E-state index contributed by atoms with van der Waals surface area (Å²) in [6.45, 7) is 4.08. The molecule has 5 saturated carbocycles. The molecule has 1 heterocycles. The fourth-order valence-electron chi connectivity index (χ4n) is 7.03. The smallest absolute Gasteiger partial charge is 0.233 e. The average molecular weight is 403 g/mol. The molecule has 0 aromatic carbocycles. The second kappa shape index (κ2) is 7.33. The van der Waals surface area contributed by atoms with Crippen molar-refractivity contribution >= 4 is 17.7 Å². The molecule has 0 spiro atoms. The van der Waals surface area contributed by atoms with Crippen molar-refractivity contribution in [2.45, 2.75) is 106 Å². The molecule has 6 rings (SSSR count). The standard InChI is InChI=1S/C22H34N4OS/c1-14(28-21-25-24-15(2)26(21)19-6-4-3-5-7-19)20(27)23-22-11-16-8-17(12-22)10-18(9-16)13-22/h14,16-19H,3-13H2,1-2H3,(H,23,27)/t14-,16?,17?,18?,22?/m0/s1. The van der Waals surface area contributed by atoms with Gasteiger partial charge >= 0.3 is 0 Å². The molecule has 5 aliphatic carbocycles. The third-order valence-electron chi connectivity index (χ3n) is 7.85. The molecule has 1 atom stereocenters. The Labute approximate surface area is 172 Å². The molecule has 0 aliphatic heterocycles. The van der Waals surface area contributed by atoms with E-state index in [-0.39, 0.29) is 16.7 Å². The zero-order valence-electron chi connectivity index (χ0n) is 17.3. The second-order valence-corrected chi connectivity index (χ2v) is 11.4. The molecule has 154 valence electrons. The summed E-state index contributed by atoms with van der Waals surface area (Å²) in [6, 6.07) is 0.504. The molecule has 6 heteroatoms. The van der Waals surface area contributed by atoms with Gasteiger partial charge in [-0.25, -0.2) is 0 Å². The maximum Gasteiger partial charge on any atom is 0.233 e. The van der Waals surface area contributed by atoms with E-state index in [2.05, 4.69) is 20.1 Å². The number of amides is 1. The number of hydrogen-bond donors (Lipinski definition) is 1. The van der Waals surface area contributed by atoms with E-state index in [1.165, 1.54) is 70.6 Å². The van der Waals surface area contributed by atoms with Crippen molar-refractivity contribution in [3.05, 3.63) is 5.82 Å². The molecule has 0 unspecified atom stereocenters. The Kier molecular flexibility index (Phi) is 4.96. The van der Waals surface area contributed by atoms with Crippen molar-refractivity contribution in [3.63, 3.8) is 0 Å². The number of thioether (sulfide) groups is 1. The Hall–Kier alpha value is -1.04. The van der Waals surface area contributed by atoms with E-state index < -0.39 is 0 Å². The van der Waals surface area contributed by atoms with Crippen LogP contribution >= 0.6 is 11.8 Å². The van der Waals surface area contributed by atoms with Crippen molar-refractivity contribution < 1.29 is 4.79 Å². The van der Waals surface area contributed by atoms with Crippen LogP contribution in [0.3, 0.4) is 0 Å². The third-order valence-corrected chi connectivity index (χ3v) is 8.91. The lowest BCUT2D eigenvalue weighted by Gasteiger charge is -2.57. The highest BCUT2D eigenvalue weighted by atomic mass is 32.2. The van der Waals surface area contributed by atoms with E-state index in [4.69, 9.17) is 0 Å². The predicted octanol–water partition coefficient (Wildman–Crippen LogP) is 4.66. The molecule has 28 heavy (non-hydrogen) atoms. The topological polar surface area (TPSA) is 59.8 Å². The lowest BCUT2D eigenvalue weighted by molar-refractivity contribution is -0.126. The molecule has 1 amide bonds. The molecule has 1 N–H and O–H groups in total. The van der Waals surface area contributed by atoms with E-state index in [1.807, 2.05) is 13.8 Å². The summed E-state index contributed by atoms with van der Waals surface area (Å²) in [5.41, 5.74) is 0.0909. The SMILES string of the molecule is Cc1nnc(S[C@@H](C)C(=O)NC23CC4CC(CC(C4)C2)C3)n1C1CCCCC1. The van der Waals surface area contributed by atoms with Crippen LogP contribution in [0.1, 0.15) is 89.4 Å². The number of nitrogens with one attached hydrogen (secondary N) is 1. The minimum absolute atomic E-state index is 0.0909. The summed E-state index contributed by atoms with van der Waals surface area (Å²) >= 11 is 1.60. The van der Waals surface area contributed by atoms with Gasteiger partial charge in [0.2, 0.25) is 5.91 Å².